The zero-order valence-corrected chi connectivity index (χ0v) is 12.2. The quantitative estimate of drug-likeness (QED) is 0.798. The van der Waals surface area contributed by atoms with Crippen LogP contribution in [0.15, 0.2) is 36.5 Å². The molecule has 1 aromatic carbocycles. The van der Waals surface area contributed by atoms with Crippen molar-refractivity contribution in [2.24, 2.45) is 0 Å². The third kappa shape index (κ3) is 4.00. The van der Waals surface area contributed by atoms with E-state index in [1.807, 2.05) is 0 Å². The van der Waals surface area contributed by atoms with E-state index >= 15 is 0 Å². The summed E-state index contributed by atoms with van der Waals surface area (Å²) in [6.07, 6.45) is 3.53. The number of para-hydroxylation sites is 1. The molecule has 0 aliphatic heterocycles. The van der Waals surface area contributed by atoms with Crippen molar-refractivity contribution < 1.29 is 13.6 Å². The first-order valence-electron chi connectivity index (χ1n) is 7.07. The zero-order chi connectivity index (χ0) is 15.9. The predicted molar refractivity (Wildman–Crippen MR) is 81.9 cm³/mol. The number of carbonyl (C=O) groups is 1. The molecule has 1 amide bonds. The Labute approximate surface area is 127 Å². The van der Waals surface area contributed by atoms with Crippen molar-refractivity contribution in [2.45, 2.75) is 19.8 Å². The van der Waals surface area contributed by atoms with Crippen molar-refractivity contribution >= 4 is 17.3 Å². The van der Waals surface area contributed by atoms with E-state index in [9.17, 15) is 13.6 Å². The second-order valence-corrected chi connectivity index (χ2v) is 4.76. The summed E-state index contributed by atoms with van der Waals surface area (Å²) in [5.74, 6) is -2.32. The maximum Gasteiger partial charge on any atom is 0.274 e. The molecule has 0 fully saturated rings. The highest BCUT2D eigenvalue weighted by Gasteiger charge is 2.14. The Balaban J connectivity index is 2.11. The van der Waals surface area contributed by atoms with Gasteiger partial charge in [0.1, 0.15) is 23.0 Å². The molecule has 1 aromatic heterocycles. The number of hydrogen-bond acceptors (Lipinski definition) is 3. The minimum atomic E-state index is -0.828. The van der Waals surface area contributed by atoms with Crippen LogP contribution in [0.1, 0.15) is 30.3 Å². The average molecular weight is 305 g/mol. The predicted octanol–water partition coefficient (Wildman–Crippen LogP) is 3.82. The normalized spacial score (nSPS) is 10.3. The minimum Gasteiger partial charge on any atom is -0.385 e. The first-order valence-corrected chi connectivity index (χ1v) is 7.07. The highest BCUT2D eigenvalue weighted by atomic mass is 19.1. The van der Waals surface area contributed by atoms with E-state index in [-0.39, 0.29) is 5.69 Å². The van der Waals surface area contributed by atoms with Gasteiger partial charge in [0.15, 0.2) is 0 Å². The summed E-state index contributed by atoms with van der Waals surface area (Å²) in [6, 6.07) is 6.67. The Morgan fingerprint density at radius 3 is 2.64 bits per heavy atom. The van der Waals surface area contributed by atoms with Crippen LogP contribution in [0.4, 0.5) is 20.2 Å². The lowest BCUT2D eigenvalue weighted by Gasteiger charge is -2.09. The molecule has 2 N–H and O–H groups in total. The van der Waals surface area contributed by atoms with Crippen LogP contribution in [-0.4, -0.2) is 17.4 Å². The fourth-order valence-corrected chi connectivity index (χ4v) is 1.87. The van der Waals surface area contributed by atoms with Crippen LogP contribution < -0.4 is 10.6 Å². The third-order valence-corrected chi connectivity index (χ3v) is 3.05. The molecule has 0 atom stereocenters. The van der Waals surface area contributed by atoms with Crippen molar-refractivity contribution in [2.75, 3.05) is 17.2 Å². The zero-order valence-electron chi connectivity index (χ0n) is 12.2. The number of amides is 1. The molecule has 0 aliphatic carbocycles. The number of nitrogens with zero attached hydrogens (tertiary/aromatic N) is 1. The van der Waals surface area contributed by atoms with Crippen molar-refractivity contribution in [3.05, 3.63) is 53.9 Å². The van der Waals surface area contributed by atoms with Crippen molar-refractivity contribution in [1.29, 1.82) is 0 Å². The lowest BCUT2D eigenvalue weighted by atomic mass is 10.2. The van der Waals surface area contributed by atoms with Gasteiger partial charge in [-0.25, -0.2) is 8.78 Å². The second-order valence-electron chi connectivity index (χ2n) is 4.76. The fourth-order valence-electron chi connectivity index (χ4n) is 1.87. The maximum absolute atomic E-state index is 13.5. The molecule has 2 aromatic rings. The van der Waals surface area contributed by atoms with Crippen LogP contribution in [0.25, 0.3) is 0 Å². The van der Waals surface area contributed by atoms with Gasteiger partial charge in [0.2, 0.25) is 0 Å². The Hall–Kier alpha value is -2.50. The maximum atomic E-state index is 13.5. The van der Waals surface area contributed by atoms with Gasteiger partial charge in [-0.3, -0.25) is 9.78 Å². The number of hydrogen-bond donors (Lipinski definition) is 2. The van der Waals surface area contributed by atoms with E-state index < -0.39 is 23.2 Å². The Morgan fingerprint density at radius 1 is 1.23 bits per heavy atom. The van der Waals surface area contributed by atoms with Gasteiger partial charge in [-0.05, 0) is 30.7 Å². The van der Waals surface area contributed by atoms with Crippen LogP contribution >= 0.6 is 0 Å². The molecule has 22 heavy (non-hydrogen) atoms. The standard InChI is InChI=1S/C16H17F2N3O/c1-2-3-8-19-11-7-9-20-14(10-11)16(22)21-15-12(17)5-4-6-13(15)18/h4-7,9-10H,2-3,8H2,1H3,(H,19,20)(H,21,22). The Kier molecular flexibility index (Phi) is 5.41. The topological polar surface area (TPSA) is 54.0 Å². The molecule has 116 valence electrons. The fraction of sp³-hybridized carbons (Fsp3) is 0.250. The molecule has 0 saturated carbocycles. The molecule has 4 nitrogen and oxygen atoms in total. The monoisotopic (exact) mass is 305 g/mol. The van der Waals surface area contributed by atoms with Gasteiger partial charge in [0.05, 0.1) is 0 Å². The number of pyridine rings is 1. The summed E-state index contributed by atoms with van der Waals surface area (Å²) in [6.45, 7) is 2.86. The second kappa shape index (κ2) is 7.49. The highest BCUT2D eigenvalue weighted by Crippen LogP contribution is 2.19. The molecule has 0 radical (unpaired) electrons. The molecule has 1 heterocycles. The number of nitrogens with one attached hydrogen (secondary N) is 2. The van der Waals surface area contributed by atoms with Crippen LogP contribution in [0.3, 0.4) is 0 Å². The summed E-state index contributed by atoms with van der Waals surface area (Å²) in [4.78, 5) is 16.0. The lowest BCUT2D eigenvalue weighted by molar-refractivity contribution is 0.102. The van der Waals surface area contributed by atoms with E-state index in [4.69, 9.17) is 0 Å². The van der Waals surface area contributed by atoms with Crippen LogP contribution in [0.5, 0.6) is 0 Å². The molecule has 0 spiro atoms. The van der Waals surface area contributed by atoms with Gasteiger partial charge >= 0.3 is 0 Å². The van der Waals surface area contributed by atoms with Gasteiger partial charge in [-0.1, -0.05) is 19.4 Å². The van der Waals surface area contributed by atoms with Gasteiger partial charge in [-0.15, -0.1) is 0 Å². The summed E-state index contributed by atoms with van der Waals surface area (Å²) in [7, 11) is 0. The first-order chi connectivity index (χ1) is 10.6. The first kappa shape index (κ1) is 15.9. The number of carbonyl (C=O) groups excluding carboxylic acids is 1. The molecular formula is C16H17F2N3O. The summed E-state index contributed by atoms with van der Waals surface area (Å²) >= 11 is 0. The number of anilines is 2. The number of benzene rings is 1. The molecular weight excluding hydrogens is 288 g/mol. The van der Waals surface area contributed by atoms with Crippen molar-refractivity contribution in [3.8, 4) is 0 Å². The van der Waals surface area contributed by atoms with Crippen LogP contribution in [0, 0.1) is 11.6 Å². The van der Waals surface area contributed by atoms with Gasteiger partial charge in [-0.2, -0.15) is 0 Å². The van der Waals surface area contributed by atoms with Crippen LogP contribution in [0.2, 0.25) is 0 Å². The Bertz CT molecular complexity index is 641. The lowest BCUT2D eigenvalue weighted by Crippen LogP contribution is -2.16. The number of rotatable bonds is 6. The minimum absolute atomic E-state index is 0.0872. The number of halogens is 2. The van der Waals surface area contributed by atoms with Gasteiger partial charge in [0.25, 0.3) is 5.91 Å². The van der Waals surface area contributed by atoms with Gasteiger partial charge in [0, 0.05) is 18.4 Å². The van der Waals surface area contributed by atoms with Crippen molar-refractivity contribution in [1.82, 2.24) is 4.98 Å². The molecule has 0 saturated heterocycles. The van der Waals surface area contributed by atoms with Crippen LogP contribution in [-0.2, 0) is 0 Å². The largest absolute Gasteiger partial charge is 0.385 e. The van der Waals surface area contributed by atoms with E-state index in [1.54, 1.807) is 12.1 Å². The van der Waals surface area contributed by atoms with E-state index in [1.165, 1.54) is 12.3 Å². The van der Waals surface area contributed by atoms with E-state index in [0.717, 1.165) is 37.2 Å². The summed E-state index contributed by atoms with van der Waals surface area (Å²) < 4.78 is 27.0. The smallest absolute Gasteiger partial charge is 0.274 e. The molecule has 0 unspecified atom stereocenters. The SMILES string of the molecule is CCCCNc1ccnc(C(=O)Nc2c(F)cccc2F)c1. The van der Waals surface area contributed by atoms with E-state index in [0.29, 0.717) is 0 Å². The molecule has 2 rings (SSSR count). The molecule has 6 heteroatoms. The highest BCUT2D eigenvalue weighted by molar-refractivity contribution is 6.03. The molecule has 0 aliphatic rings. The average Bonchev–Trinajstić information content (AvgIpc) is 2.51. The van der Waals surface area contributed by atoms with Gasteiger partial charge < -0.3 is 10.6 Å². The summed E-state index contributed by atoms with van der Waals surface area (Å²) in [5, 5.41) is 5.37. The summed E-state index contributed by atoms with van der Waals surface area (Å²) in [5.41, 5.74) is 0.352. The van der Waals surface area contributed by atoms with E-state index in [2.05, 4.69) is 22.5 Å². The number of unbranched alkanes of at least 4 members (excludes halogenated alkanes) is 1. The third-order valence-electron chi connectivity index (χ3n) is 3.05. The Morgan fingerprint density at radius 2 is 1.95 bits per heavy atom. The van der Waals surface area contributed by atoms with Crippen molar-refractivity contribution in [3.63, 3.8) is 0 Å². The number of aromatic nitrogens is 1. The molecule has 0 bridgehead atoms.